The Morgan fingerprint density at radius 1 is 1.11 bits per heavy atom. The molecule has 6 heteroatoms. The number of carbonyl (C=O) groups is 1. The molecule has 0 aliphatic rings. The lowest BCUT2D eigenvalue weighted by Crippen LogP contribution is -2.30. The summed E-state index contributed by atoms with van der Waals surface area (Å²) >= 11 is 0. The van der Waals surface area contributed by atoms with Gasteiger partial charge >= 0.3 is 5.63 Å². The quantitative estimate of drug-likeness (QED) is 0.524. The minimum absolute atomic E-state index is 0.0281. The van der Waals surface area contributed by atoms with E-state index in [0.29, 0.717) is 16.5 Å². The van der Waals surface area contributed by atoms with Crippen LogP contribution < -0.4 is 10.5 Å². The molecule has 0 fully saturated rings. The van der Waals surface area contributed by atoms with Crippen LogP contribution in [0.3, 0.4) is 0 Å². The third kappa shape index (κ3) is 2.89. The predicted molar refractivity (Wildman–Crippen MR) is 105 cm³/mol. The van der Waals surface area contributed by atoms with Gasteiger partial charge in [-0.05, 0) is 49.2 Å². The Morgan fingerprint density at radius 3 is 2.67 bits per heavy atom. The van der Waals surface area contributed by atoms with E-state index in [0.717, 1.165) is 16.6 Å². The van der Waals surface area contributed by atoms with Crippen LogP contribution in [-0.2, 0) is 11.3 Å². The summed E-state index contributed by atoms with van der Waals surface area (Å²) in [7, 11) is 1.74. The number of benzene rings is 2. The highest BCUT2D eigenvalue weighted by molar-refractivity contribution is 6.03. The van der Waals surface area contributed by atoms with Crippen LogP contribution >= 0.6 is 0 Å². The molecule has 0 N–H and O–H groups in total. The van der Waals surface area contributed by atoms with E-state index < -0.39 is 5.63 Å². The highest BCUT2D eigenvalue weighted by atomic mass is 16.4. The van der Waals surface area contributed by atoms with E-state index >= 15 is 0 Å². The number of fused-ring (bicyclic) bond motifs is 3. The molecule has 0 saturated carbocycles. The number of aryl methyl sites for hydroxylation is 2. The second-order valence-corrected chi connectivity index (χ2v) is 6.67. The molecule has 0 atom stereocenters. The Bertz CT molecular complexity index is 1240. The fraction of sp³-hybridized carbons (Fsp3) is 0.190. The van der Waals surface area contributed by atoms with Gasteiger partial charge in [0.1, 0.15) is 17.5 Å². The summed E-state index contributed by atoms with van der Waals surface area (Å²) in [4.78, 5) is 26.6. The average Bonchev–Trinajstić information content (AvgIpc) is 3.08. The number of nitrogens with zero attached hydrogens (tertiary/aromatic N) is 3. The van der Waals surface area contributed by atoms with Crippen molar-refractivity contribution in [3.8, 4) is 0 Å². The number of para-hydroxylation sites is 1. The molecule has 0 saturated heterocycles. The first-order valence-corrected chi connectivity index (χ1v) is 8.67. The van der Waals surface area contributed by atoms with Crippen molar-refractivity contribution in [3.63, 3.8) is 0 Å². The molecule has 0 aliphatic carbocycles. The van der Waals surface area contributed by atoms with Crippen LogP contribution in [0.4, 0.5) is 5.69 Å². The molecule has 0 aliphatic heterocycles. The van der Waals surface area contributed by atoms with E-state index in [-0.39, 0.29) is 12.5 Å². The topological polar surface area (TPSA) is 68.3 Å². The zero-order chi connectivity index (χ0) is 19.1. The van der Waals surface area contributed by atoms with Crippen LogP contribution in [-0.4, -0.2) is 22.7 Å². The van der Waals surface area contributed by atoms with Gasteiger partial charge in [0.25, 0.3) is 0 Å². The molecule has 27 heavy (non-hydrogen) atoms. The second-order valence-electron chi connectivity index (χ2n) is 6.67. The van der Waals surface area contributed by atoms with E-state index in [1.54, 1.807) is 28.8 Å². The van der Waals surface area contributed by atoms with Gasteiger partial charge in [-0.2, -0.15) is 5.10 Å². The lowest BCUT2D eigenvalue weighted by molar-refractivity contribution is -0.119. The molecular formula is C21H19N3O3. The normalized spacial score (nSPS) is 11.2. The summed E-state index contributed by atoms with van der Waals surface area (Å²) in [5.41, 5.74) is 3.76. The minimum atomic E-state index is -0.454. The van der Waals surface area contributed by atoms with E-state index in [4.69, 9.17) is 4.42 Å². The summed E-state index contributed by atoms with van der Waals surface area (Å²) < 4.78 is 6.89. The monoisotopic (exact) mass is 361 g/mol. The third-order valence-electron chi connectivity index (χ3n) is 4.94. The van der Waals surface area contributed by atoms with E-state index in [1.165, 1.54) is 11.8 Å². The van der Waals surface area contributed by atoms with E-state index in [9.17, 15) is 9.59 Å². The van der Waals surface area contributed by atoms with Crippen molar-refractivity contribution in [1.29, 1.82) is 0 Å². The number of rotatable bonds is 3. The van der Waals surface area contributed by atoms with Crippen LogP contribution in [0.25, 0.3) is 21.9 Å². The number of aromatic nitrogens is 2. The Balaban J connectivity index is 1.74. The molecular weight excluding hydrogens is 342 g/mol. The molecule has 2 aromatic carbocycles. The number of amides is 1. The molecule has 0 bridgehead atoms. The van der Waals surface area contributed by atoms with E-state index in [2.05, 4.69) is 5.10 Å². The maximum atomic E-state index is 12.8. The summed E-state index contributed by atoms with van der Waals surface area (Å²) in [6, 6.07) is 13.2. The van der Waals surface area contributed by atoms with Crippen LogP contribution in [0.5, 0.6) is 0 Å². The van der Waals surface area contributed by atoms with Crippen molar-refractivity contribution in [2.75, 3.05) is 11.9 Å². The molecule has 4 aromatic rings. The smallest absolute Gasteiger partial charge is 0.347 e. The van der Waals surface area contributed by atoms with Crippen molar-refractivity contribution in [2.24, 2.45) is 0 Å². The molecule has 136 valence electrons. The molecule has 6 nitrogen and oxygen atoms in total. The summed E-state index contributed by atoms with van der Waals surface area (Å²) in [6.45, 7) is 4.08. The van der Waals surface area contributed by atoms with Crippen molar-refractivity contribution in [3.05, 3.63) is 70.2 Å². The Morgan fingerprint density at radius 2 is 1.89 bits per heavy atom. The van der Waals surface area contributed by atoms with Gasteiger partial charge < -0.3 is 9.32 Å². The van der Waals surface area contributed by atoms with E-state index in [1.807, 2.05) is 44.2 Å². The first-order valence-electron chi connectivity index (χ1n) is 8.67. The Hall–Kier alpha value is -3.41. The molecule has 2 aromatic heterocycles. The summed E-state index contributed by atoms with van der Waals surface area (Å²) in [5.74, 6) is -0.124. The highest BCUT2D eigenvalue weighted by Gasteiger charge is 2.17. The average molecular weight is 361 g/mol. The van der Waals surface area contributed by atoms with Crippen LogP contribution in [0.15, 0.2) is 57.9 Å². The first kappa shape index (κ1) is 17.0. The summed E-state index contributed by atoms with van der Waals surface area (Å²) in [6.07, 6.45) is 1.46. The van der Waals surface area contributed by atoms with Crippen molar-refractivity contribution in [2.45, 2.75) is 20.4 Å². The number of likely N-dealkylation sites (N-methyl/N-ethyl adjacent to an activating group) is 1. The number of carbonyl (C=O) groups excluding carboxylic acids is 1. The fourth-order valence-electron chi connectivity index (χ4n) is 3.16. The number of hydrogen-bond acceptors (Lipinski definition) is 4. The van der Waals surface area contributed by atoms with Gasteiger partial charge in [0, 0.05) is 18.1 Å². The van der Waals surface area contributed by atoms with Gasteiger partial charge in [0.2, 0.25) is 5.91 Å². The number of hydrogen-bond donors (Lipinski definition) is 0. The lowest BCUT2D eigenvalue weighted by Gasteiger charge is -2.19. The van der Waals surface area contributed by atoms with Crippen molar-refractivity contribution in [1.82, 2.24) is 9.78 Å². The van der Waals surface area contributed by atoms with Crippen molar-refractivity contribution < 1.29 is 9.21 Å². The second kappa shape index (κ2) is 6.39. The molecule has 0 unspecified atom stereocenters. The van der Waals surface area contributed by atoms with Gasteiger partial charge in [-0.15, -0.1) is 0 Å². The van der Waals surface area contributed by atoms with Gasteiger partial charge in [0.05, 0.1) is 11.7 Å². The largest absolute Gasteiger partial charge is 0.422 e. The van der Waals surface area contributed by atoms with Crippen LogP contribution in [0, 0.1) is 13.8 Å². The predicted octanol–water partition coefficient (Wildman–Crippen LogP) is 3.42. The standard InChI is InChI=1S/C21H19N3O3/c1-13-8-9-15(10-14(13)2)23(3)19(25)12-24-20-16-6-4-5-7-18(16)27-21(26)17(20)11-22-24/h4-11H,12H2,1-3H3. The van der Waals surface area contributed by atoms with Crippen LogP contribution in [0.1, 0.15) is 11.1 Å². The van der Waals surface area contributed by atoms with Crippen molar-refractivity contribution >= 4 is 33.5 Å². The van der Waals surface area contributed by atoms with Gasteiger partial charge in [0.15, 0.2) is 0 Å². The van der Waals surface area contributed by atoms with Gasteiger partial charge in [-0.1, -0.05) is 18.2 Å². The first-order chi connectivity index (χ1) is 13.0. The lowest BCUT2D eigenvalue weighted by atomic mass is 10.1. The molecule has 0 spiro atoms. The SMILES string of the molecule is Cc1ccc(N(C)C(=O)Cn2ncc3c(=O)oc4ccccc4c32)cc1C. The van der Waals surface area contributed by atoms with Crippen LogP contribution in [0.2, 0.25) is 0 Å². The van der Waals surface area contributed by atoms with Gasteiger partial charge in [-0.25, -0.2) is 4.79 Å². The highest BCUT2D eigenvalue weighted by Crippen LogP contribution is 2.23. The zero-order valence-electron chi connectivity index (χ0n) is 15.4. The maximum Gasteiger partial charge on any atom is 0.347 e. The maximum absolute atomic E-state index is 12.8. The molecule has 1 amide bonds. The Labute approximate surface area is 155 Å². The number of anilines is 1. The third-order valence-corrected chi connectivity index (χ3v) is 4.94. The molecule has 4 rings (SSSR count). The molecule has 2 heterocycles. The summed E-state index contributed by atoms with van der Waals surface area (Å²) in [5, 5.41) is 5.39. The van der Waals surface area contributed by atoms with Gasteiger partial charge in [-0.3, -0.25) is 9.48 Å². The Kier molecular flexibility index (Phi) is 4.03. The fourth-order valence-corrected chi connectivity index (χ4v) is 3.16. The molecule has 0 radical (unpaired) electrons. The zero-order valence-corrected chi connectivity index (χ0v) is 15.4. The minimum Gasteiger partial charge on any atom is -0.422 e.